The van der Waals surface area contributed by atoms with Gasteiger partial charge in [-0.15, -0.1) is 0 Å². The summed E-state index contributed by atoms with van der Waals surface area (Å²) in [6.45, 7) is 7.43. The summed E-state index contributed by atoms with van der Waals surface area (Å²) in [5, 5.41) is 4.44. The maximum atomic E-state index is 11.7. The summed E-state index contributed by atoms with van der Waals surface area (Å²) in [6, 6.07) is 7.83. The van der Waals surface area contributed by atoms with Crippen LogP contribution in [0.2, 0.25) is 5.02 Å². The molecule has 1 saturated heterocycles. The standard InChI is InChI=1S/C27H32ClN7O3/c1-3-20-15-37-12-11-34(20)26-31-23-22(35(26)14-17-9-7-16(2)8-10-17)21(18-5-4-6-19(28)13-18)29-24(30-23)25-32-27(36)38-33-25/h4-6,13,16-17,20H,3,7-12,14-15H2,1-2H3,(H,32,33,36)/t16?,17?,20-/m1/s1. The first-order chi connectivity index (χ1) is 18.5. The lowest BCUT2D eigenvalue weighted by molar-refractivity contribution is 0.0916. The second kappa shape index (κ2) is 10.5. The number of anilines is 1. The first-order valence-corrected chi connectivity index (χ1v) is 13.8. The van der Waals surface area contributed by atoms with E-state index in [4.69, 9.17) is 35.8 Å². The van der Waals surface area contributed by atoms with Gasteiger partial charge in [0.15, 0.2) is 5.65 Å². The Bertz CT molecular complexity index is 1490. The van der Waals surface area contributed by atoms with Crippen LogP contribution in [0.3, 0.4) is 0 Å². The lowest BCUT2D eigenvalue weighted by Gasteiger charge is -2.37. The van der Waals surface area contributed by atoms with Crippen molar-refractivity contribution in [1.29, 1.82) is 0 Å². The third-order valence-electron chi connectivity index (χ3n) is 7.86. The van der Waals surface area contributed by atoms with Crippen LogP contribution in [-0.4, -0.2) is 55.5 Å². The van der Waals surface area contributed by atoms with Gasteiger partial charge in [-0.3, -0.25) is 9.51 Å². The first kappa shape index (κ1) is 25.1. The second-order valence-electron chi connectivity index (χ2n) is 10.5. The number of fused-ring (bicyclic) bond motifs is 1. The molecule has 2 aliphatic rings. The molecule has 1 aliphatic heterocycles. The Morgan fingerprint density at radius 1 is 1.16 bits per heavy atom. The molecule has 1 N–H and O–H groups in total. The second-order valence-corrected chi connectivity index (χ2v) is 10.9. The number of ether oxygens (including phenoxy) is 1. The summed E-state index contributed by atoms with van der Waals surface area (Å²) in [7, 11) is 0. The van der Waals surface area contributed by atoms with E-state index in [9.17, 15) is 4.79 Å². The zero-order valence-corrected chi connectivity index (χ0v) is 22.4. The SMILES string of the molecule is CC[C@@H]1COCCN1c1nc2nc(-c3noc(=O)[nH]3)nc(-c3cccc(Cl)c3)c2n1CC1CCC(C)CC1. The highest BCUT2D eigenvalue weighted by Crippen LogP contribution is 2.37. The van der Waals surface area contributed by atoms with E-state index in [1.54, 1.807) is 0 Å². The van der Waals surface area contributed by atoms with Crippen molar-refractivity contribution >= 4 is 28.7 Å². The Labute approximate surface area is 225 Å². The number of halogens is 1. The minimum atomic E-state index is -0.662. The molecule has 1 atom stereocenters. The Hall–Kier alpha value is -3.24. The van der Waals surface area contributed by atoms with E-state index in [-0.39, 0.29) is 17.7 Å². The predicted molar refractivity (Wildman–Crippen MR) is 145 cm³/mol. The number of hydrogen-bond acceptors (Lipinski definition) is 8. The molecule has 11 heteroatoms. The number of nitrogens with zero attached hydrogens (tertiary/aromatic N) is 6. The van der Waals surface area contributed by atoms with Gasteiger partial charge in [0.05, 0.1) is 19.3 Å². The monoisotopic (exact) mass is 537 g/mol. The van der Waals surface area contributed by atoms with Crippen LogP contribution in [-0.2, 0) is 11.3 Å². The quantitative estimate of drug-likeness (QED) is 0.368. The van der Waals surface area contributed by atoms with Crippen LogP contribution < -0.4 is 10.7 Å². The molecule has 3 aromatic heterocycles. The summed E-state index contributed by atoms with van der Waals surface area (Å²) in [6.07, 6.45) is 5.80. The lowest BCUT2D eigenvalue weighted by atomic mass is 9.83. The van der Waals surface area contributed by atoms with Crippen molar-refractivity contribution in [1.82, 2.24) is 29.7 Å². The summed E-state index contributed by atoms with van der Waals surface area (Å²) in [4.78, 5) is 31.4. The Morgan fingerprint density at radius 3 is 2.74 bits per heavy atom. The van der Waals surface area contributed by atoms with Crippen molar-refractivity contribution in [2.24, 2.45) is 11.8 Å². The molecule has 0 radical (unpaired) electrons. The largest absolute Gasteiger partial charge is 0.439 e. The van der Waals surface area contributed by atoms with Crippen molar-refractivity contribution in [3.05, 3.63) is 39.8 Å². The molecule has 0 amide bonds. The summed E-state index contributed by atoms with van der Waals surface area (Å²) < 4.78 is 12.9. The fraction of sp³-hybridized carbons (Fsp3) is 0.519. The van der Waals surface area contributed by atoms with Gasteiger partial charge >= 0.3 is 5.76 Å². The predicted octanol–water partition coefficient (Wildman–Crippen LogP) is 4.93. The number of nitrogens with one attached hydrogen (secondary N) is 1. The number of hydrogen-bond donors (Lipinski definition) is 1. The molecule has 4 heterocycles. The summed E-state index contributed by atoms with van der Waals surface area (Å²) in [5.41, 5.74) is 2.95. The molecule has 200 valence electrons. The van der Waals surface area contributed by atoms with Crippen LogP contribution in [0.4, 0.5) is 5.95 Å². The van der Waals surface area contributed by atoms with E-state index in [1.165, 1.54) is 25.7 Å². The third-order valence-corrected chi connectivity index (χ3v) is 8.10. The number of aromatic nitrogens is 6. The summed E-state index contributed by atoms with van der Waals surface area (Å²) >= 11 is 6.42. The van der Waals surface area contributed by atoms with Crippen LogP contribution in [0.15, 0.2) is 33.6 Å². The molecule has 4 aromatic rings. The molecule has 1 aromatic carbocycles. The zero-order valence-electron chi connectivity index (χ0n) is 21.7. The minimum absolute atomic E-state index is 0.162. The minimum Gasteiger partial charge on any atom is -0.377 e. The number of imidazole rings is 1. The van der Waals surface area contributed by atoms with E-state index in [0.717, 1.165) is 42.5 Å². The molecular weight excluding hydrogens is 506 g/mol. The highest BCUT2D eigenvalue weighted by atomic mass is 35.5. The highest BCUT2D eigenvalue weighted by molar-refractivity contribution is 6.30. The summed E-state index contributed by atoms with van der Waals surface area (Å²) in [5.74, 6) is 1.95. The number of benzene rings is 1. The third kappa shape index (κ3) is 4.82. The van der Waals surface area contributed by atoms with Crippen molar-refractivity contribution in [2.45, 2.75) is 58.5 Å². The average molecular weight is 538 g/mol. The molecule has 10 nitrogen and oxygen atoms in total. The molecule has 0 spiro atoms. The van der Waals surface area contributed by atoms with Crippen LogP contribution >= 0.6 is 11.6 Å². The van der Waals surface area contributed by atoms with Crippen molar-refractivity contribution in [2.75, 3.05) is 24.7 Å². The van der Waals surface area contributed by atoms with E-state index >= 15 is 0 Å². The first-order valence-electron chi connectivity index (χ1n) is 13.4. The fourth-order valence-electron chi connectivity index (χ4n) is 5.71. The number of H-pyrrole nitrogens is 1. The zero-order chi connectivity index (χ0) is 26.2. The van der Waals surface area contributed by atoms with E-state index in [2.05, 4.69) is 33.5 Å². The average Bonchev–Trinajstić information content (AvgIpc) is 3.53. The molecule has 2 fully saturated rings. The Morgan fingerprint density at radius 2 is 2.00 bits per heavy atom. The van der Waals surface area contributed by atoms with Crippen LogP contribution in [0.1, 0.15) is 46.0 Å². The fourth-order valence-corrected chi connectivity index (χ4v) is 5.90. The van der Waals surface area contributed by atoms with Crippen molar-refractivity contribution in [3.8, 4) is 22.9 Å². The van der Waals surface area contributed by atoms with Gasteiger partial charge in [0, 0.05) is 23.7 Å². The smallest absolute Gasteiger partial charge is 0.377 e. The molecule has 0 bridgehead atoms. The van der Waals surface area contributed by atoms with Gasteiger partial charge in [0.25, 0.3) is 0 Å². The lowest BCUT2D eigenvalue weighted by Crippen LogP contribution is -2.46. The number of morpholine rings is 1. The van der Waals surface area contributed by atoms with Gasteiger partial charge in [0.2, 0.25) is 17.6 Å². The van der Waals surface area contributed by atoms with Gasteiger partial charge in [-0.1, -0.05) is 55.6 Å². The van der Waals surface area contributed by atoms with Crippen molar-refractivity contribution < 1.29 is 9.26 Å². The number of aromatic amines is 1. The molecule has 6 rings (SSSR count). The van der Waals surface area contributed by atoms with Gasteiger partial charge in [-0.25, -0.2) is 14.8 Å². The normalized spacial score (nSPS) is 22.3. The van der Waals surface area contributed by atoms with Gasteiger partial charge in [0.1, 0.15) is 11.2 Å². The van der Waals surface area contributed by atoms with Crippen LogP contribution in [0.25, 0.3) is 34.1 Å². The molecule has 1 aliphatic carbocycles. The molecule has 38 heavy (non-hydrogen) atoms. The van der Waals surface area contributed by atoms with E-state index < -0.39 is 5.76 Å². The number of rotatable bonds is 6. The maximum Gasteiger partial charge on any atom is 0.439 e. The van der Waals surface area contributed by atoms with Gasteiger partial charge < -0.3 is 14.2 Å². The van der Waals surface area contributed by atoms with Crippen LogP contribution in [0.5, 0.6) is 0 Å². The molecular formula is C27H32ClN7O3. The molecule has 1 saturated carbocycles. The Balaban J connectivity index is 1.58. The van der Waals surface area contributed by atoms with Gasteiger partial charge in [-0.2, -0.15) is 4.98 Å². The van der Waals surface area contributed by atoms with E-state index in [0.29, 0.717) is 35.5 Å². The van der Waals surface area contributed by atoms with E-state index in [1.807, 2.05) is 24.3 Å². The van der Waals surface area contributed by atoms with Gasteiger partial charge in [-0.05, 0) is 43.2 Å². The van der Waals surface area contributed by atoms with Crippen LogP contribution in [0, 0.1) is 11.8 Å². The topological polar surface area (TPSA) is 115 Å². The molecule has 0 unspecified atom stereocenters. The van der Waals surface area contributed by atoms with Crippen molar-refractivity contribution in [3.63, 3.8) is 0 Å². The Kier molecular flexibility index (Phi) is 6.92. The maximum absolute atomic E-state index is 11.7. The highest BCUT2D eigenvalue weighted by Gasteiger charge is 2.31.